The number of halogens is 2. The summed E-state index contributed by atoms with van der Waals surface area (Å²) in [7, 11) is 0. The van der Waals surface area contributed by atoms with Crippen molar-refractivity contribution in [2.75, 3.05) is 0 Å². The summed E-state index contributed by atoms with van der Waals surface area (Å²) in [5.41, 5.74) is -0.256. The van der Waals surface area contributed by atoms with Gasteiger partial charge in [0.2, 0.25) is 0 Å². The highest BCUT2D eigenvalue weighted by molar-refractivity contribution is 5.17. The van der Waals surface area contributed by atoms with Crippen molar-refractivity contribution in [3.63, 3.8) is 0 Å². The molecule has 0 N–H and O–H groups in total. The van der Waals surface area contributed by atoms with Crippen molar-refractivity contribution < 1.29 is 8.78 Å². The lowest BCUT2D eigenvalue weighted by molar-refractivity contribution is 0.391. The molecule has 0 aromatic rings. The van der Waals surface area contributed by atoms with E-state index in [1.54, 1.807) is 20.8 Å². The molecule has 0 unspecified atom stereocenters. The zero-order valence-electron chi connectivity index (χ0n) is 6.54. The van der Waals surface area contributed by atoms with Gasteiger partial charge in [0.15, 0.2) is 0 Å². The Kier molecular flexibility index (Phi) is 2.76. The molecule has 0 bridgehead atoms. The van der Waals surface area contributed by atoms with Gasteiger partial charge in [0.25, 0.3) is 0 Å². The molecule has 58 valence electrons. The summed E-state index contributed by atoms with van der Waals surface area (Å²) in [5, 5.41) is 0. The lowest BCUT2D eigenvalue weighted by Gasteiger charge is -2.21. The maximum atomic E-state index is 12.6. The van der Waals surface area contributed by atoms with Crippen molar-refractivity contribution in [3.8, 4) is 0 Å². The third-order valence-corrected chi connectivity index (χ3v) is 1.76. The molecule has 0 aromatic heterocycles. The molecule has 0 aromatic carbocycles. The molecule has 0 atom stereocenters. The van der Waals surface area contributed by atoms with Gasteiger partial charge in [-0.2, -0.15) is 0 Å². The molecule has 0 saturated carbocycles. The van der Waals surface area contributed by atoms with Crippen molar-refractivity contribution in [3.05, 3.63) is 24.3 Å². The number of hydrogen-bond donors (Lipinski definition) is 0. The zero-order valence-corrected chi connectivity index (χ0v) is 6.54. The quantitative estimate of drug-likeness (QED) is 0.524. The number of allylic oxidation sites excluding steroid dienone is 2. The van der Waals surface area contributed by atoms with Gasteiger partial charge in [-0.1, -0.05) is 12.2 Å². The first-order valence-corrected chi connectivity index (χ1v) is 3.05. The first kappa shape index (κ1) is 9.34. The molecule has 2 heteroatoms. The van der Waals surface area contributed by atoms with E-state index < -0.39 is 11.2 Å². The van der Waals surface area contributed by atoms with Crippen LogP contribution in [-0.2, 0) is 0 Å². The van der Waals surface area contributed by atoms with Crippen LogP contribution < -0.4 is 0 Å². The molecule has 0 radical (unpaired) electrons. The van der Waals surface area contributed by atoms with Gasteiger partial charge in [0.1, 0.15) is 12.2 Å². The van der Waals surface area contributed by atoms with Gasteiger partial charge >= 0.3 is 0 Å². The fraction of sp³-hybridized carbons (Fsp3) is 0.500. The van der Waals surface area contributed by atoms with E-state index in [9.17, 15) is 8.78 Å². The Hall–Kier alpha value is -0.660. The Balaban J connectivity index is 4.56. The van der Waals surface area contributed by atoms with E-state index in [1.165, 1.54) is 0 Å². The van der Waals surface area contributed by atoms with Crippen molar-refractivity contribution in [2.24, 2.45) is 5.41 Å². The van der Waals surface area contributed by atoms with E-state index in [1.807, 2.05) is 0 Å². The SMILES string of the molecule is C=C(C)C(C)(C)/C(F)=C\F. The smallest absolute Gasteiger partial charge is 0.138 e. The Morgan fingerprint density at radius 1 is 1.50 bits per heavy atom. The average molecular weight is 146 g/mol. The van der Waals surface area contributed by atoms with E-state index in [2.05, 4.69) is 6.58 Å². The molecular weight excluding hydrogens is 134 g/mol. The lowest BCUT2D eigenvalue weighted by atomic mass is 9.85. The average Bonchev–Trinajstić information content (AvgIpc) is 1.86. The van der Waals surface area contributed by atoms with E-state index in [-0.39, 0.29) is 6.33 Å². The zero-order chi connectivity index (χ0) is 8.36. The molecule has 0 rings (SSSR count). The molecule has 0 amide bonds. The highest BCUT2D eigenvalue weighted by atomic mass is 19.2. The molecule has 0 saturated heterocycles. The predicted molar refractivity (Wildman–Crippen MR) is 38.9 cm³/mol. The summed E-state index contributed by atoms with van der Waals surface area (Å²) in [6, 6.07) is 0. The third-order valence-electron chi connectivity index (χ3n) is 1.76. The molecule has 0 aliphatic heterocycles. The minimum absolute atomic E-state index is 0.0192. The Morgan fingerprint density at radius 2 is 1.90 bits per heavy atom. The molecule has 0 spiro atoms. The summed E-state index contributed by atoms with van der Waals surface area (Å²) >= 11 is 0. The normalized spacial score (nSPS) is 13.5. The van der Waals surface area contributed by atoms with Crippen LogP contribution in [0.5, 0.6) is 0 Å². The Labute approximate surface area is 60.2 Å². The first-order valence-electron chi connectivity index (χ1n) is 3.05. The minimum atomic E-state index is -0.866. The van der Waals surface area contributed by atoms with Crippen molar-refractivity contribution in [2.45, 2.75) is 20.8 Å². The second kappa shape index (κ2) is 2.95. The van der Waals surface area contributed by atoms with Gasteiger partial charge in [0, 0.05) is 5.41 Å². The van der Waals surface area contributed by atoms with E-state index in [4.69, 9.17) is 0 Å². The van der Waals surface area contributed by atoms with Crippen LogP contribution in [0.1, 0.15) is 20.8 Å². The molecular formula is C8H12F2. The maximum absolute atomic E-state index is 12.6. The monoisotopic (exact) mass is 146 g/mol. The van der Waals surface area contributed by atoms with E-state index in [0.717, 1.165) is 0 Å². The summed E-state index contributed by atoms with van der Waals surface area (Å²) < 4.78 is 24.3. The van der Waals surface area contributed by atoms with Crippen LogP contribution >= 0.6 is 0 Å². The Bertz CT molecular complexity index is 166. The van der Waals surface area contributed by atoms with Crippen LogP contribution in [0.15, 0.2) is 24.3 Å². The van der Waals surface area contributed by atoms with Gasteiger partial charge in [-0.05, 0) is 20.8 Å². The molecule has 0 heterocycles. The maximum Gasteiger partial charge on any atom is 0.138 e. The minimum Gasteiger partial charge on any atom is -0.213 e. The fourth-order valence-electron chi connectivity index (χ4n) is 0.340. The molecule has 0 nitrogen and oxygen atoms in total. The van der Waals surface area contributed by atoms with E-state index in [0.29, 0.717) is 5.57 Å². The topological polar surface area (TPSA) is 0 Å². The van der Waals surface area contributed by atoms with Gasteiger partial charge < -0.3 is 0 Å². The summed E-state index contributed by atoms with van der Waals surface area (Å²) in [6.07, 6.45) is -0.0192. The first-order chi connectivity index (χ1) is 4.42. The van der Waals surface area contributed by atoms with Gasteiger partial charge in [-0.25, -0.2) is 8.78 Å². The van der Waals surface area contributed by atoms with Crippen LogP contribution in [0.3, 0.4) is 0 Å². The second-order valence-corrected chi connectivity index (χ2v) is 2.86. The summed E-state index contributed by atoms with van der Waals surface area (Å²) in [4.78, 5) is 0. The van der Waals surface area contributed by atoms with Crippen molar-refractivity contribution in [1.82, 2.24) is 0 Å². The van der Waals surface area contributed by atoms with Gasteiger partial charge in [-0.15, -0.1) is 0 Å². The number of hydrogen-bond acceptors (Lipinski definition) is 0. The fourth-order valence-corrected chi connectivity index (χ4v) is 0.340. The van der Waals surface area contributed by atoms with Gasteiger partial charge in [-0.3, -0.25) is 0 Å². The Morgan fingerprint density at radius 3 is 2.00 bits per heavy atom. The highest BCUT2D eigenvalue weighted by Gasteiger charge is 2.24. The standard InChI is InChI=1S/C8H12F2/c1-6(2)8(3,4)7(10)5-9/h5H,1H2,2-4H3/b7-5+. The van der Waals surface area contributed by atoms with Crippen LogP contribution in [0.4, 0.5) is 8.78 Å². The number of rotatable bonds is 2. The van der Waals surface area contributed by atoms with Crippen LogP contribution in [0.25, 0.3) is 0 Å². The highest BCUT2D eigenvalue weighted by Crippen LogP contribution is 2.33. The summed E-state index contributed by atoms with van der Waals surface area (Å²) in [6.45, 7) is 8.39. The molecule has 10 heavy (non-hydrogen) atoms. The van der Waals surface area contributed by atoms with Crippen molar-refractivity contribution >= 4 is 0 Å². The second-order valence-electron chi connectivity index (χ2n) is 2.86. The summed E-state index contributed by atoms with van der Waals surface area (Å²) in [5.74, 6) is -0.778. The van der Waals surface area contributed by atoms with Crippen molar-refractivity contribution in [1.29, 1.82) is 0 Å². The molecule has 0 aliphatic carbocycles. The third kappa shape index (κ3) is 1.66. The van der Waals surface area contributed by atoms with E-state index >= 15 is 0 Å². The molecule has 0 aliphatic rings. The van der Waals surface area contributed by atoms with Crippen LogP contribution in [-0.4, -0.2) is 0 Å². The van der Waals surface area contributed by atoms with Gasteiger partial charge in [0.05, 0.1) is 0 Å². The largest absolute Gasteiger partial charge is 0.213 e. The van der Waals surface area contributed by atoms with Crippen LogP contribution in [0, 0.1) is 5.41 Å². The lowest BCUT2D eigenvalue weighted by Crippen LogP contribution is -2.12. The van der Waals surface area contributed by atoms with Crippen LogP contribution in [0.2, 0.25) is 0 Å². The predicted octanol–water partition coefficient (Wildman–Crippen LogP) is 3.37. The molecule has 0 fully saturated rings.